The Bertz CT molecular complexity index is 646. The lowest BCUT2D eigenvalue weighted by molar-refractivity contribution is 0.483. The number of fused-ring (bicyclic) bond motifs is 1. The van der Waals surface area contributed by atoms with Gasteiger partial charge in [-0.3, -0.25) is 0 Å². The first-order chi connectivity index (χ1) is 8.33. The van der Waals surface area contributed by atoms with Crippen LogP contribution in [0.4, 0.5) is 0 Å². The Balaban J connectivity index is 1.98. The van der Waals surface area contributed by atoms with Crippen LogP contribution in [0.2, 0.25) is 0 Å². The van der Waals surface area contributed by atoms with Gasteiger partial charge in [-0.2, -0.15) is 0 Å². The van der Waals surface area contributed by atoms with Gasteiger partial charge in [0.1, 0.15) is 11.5 Å². The summed E-state index contributed by atoms with van der Waals surface area (Å²) in [5.41, 5.74) is 1.09. The molecule has 0 bridgehead atoms. The van der Waals surface area contributed by atoms with Crippen molar-refractivity contribution < 1.29 is 4.74 Å². The quantitative estimate of drug-likeness (QED) is 0.725. The van der Waals surface area contributed by atoms with Gasteiger partial charge in [0.05, 0.1) is 0 Å². The molecular weight excluding hydrogens is 278 g/mol. The van der Waals surface area contributed by atoms with Crippen molar-refractivity contribution in [2.24, 2.45) is 0 Å². The summed E-state index contributed by atoms with van der Waals surface area (Å²) in [6, 6.07) is 15.8. The third-order valence-electron chi connectivity index (χ3n) is 2.58. The maximum absolute atomic E-state index is 5.78. The number of benzene rings is 2. The van der Waals surface area contributed by atoms with E-state index in [1.54, 1.807) is 0 Å². The van der Waals surface area contributed by atoms with Crippen molar-refractivity contribution in [3.63, 3.8) is 0 Å². The first-order valence-corrected chi connectivity index (χ1v) is 6.12. The standard InChI is InChI=1S/C14H10BrNO/c15-13-9-16-14-7-6-11(8-12(13)14)17-10-4-2-1-3-5-10/h1-9,16H. The fourth-order valence-corrected chi connectivity index (χ4v) is 2.20. The van der Waals surface area contributed by atoms with Crippen LogP contribution in [-0.2, 0) is 0 Å². The van der Waals surface area contributed by atoms with E-state index in [9.17, 15) is 0 Å². The van der Waals surface area contributed by atoms with Crippen LogP contribution in [0.1, 0.15) is 0 Å². The van der Waals surface area contributed by atoms with E-state index in [1.807, 2.05) is 54.7 Å². The predicted octanol–water partition coefficient (Wildman–Crippen LogP) is 4.72. The van der Waals surface area contributed by atoms with Crippen LogP contribution in [0.5, 0.6) is 11.5 Å². The van der Waals surface area contributed by atoms with Crippen LogP contribution in [0, 0.1) is 0 Å². The second-order valence-electron chi connectivity index (χ2n) is 3.76. The average molecular weight is 288 g/mol. The average Bonchev–Trinajstić information content (AvgIpc) is 2.73. The fourth-order valence-electron chi connectivity index (χ4n) is 1.75. The predicted molar refractivity (Wildman–Crippen MR) is 72.5 cm³/mol. The maximum atomic E-state index is 5.78. The summed E-state index contributed by atoms with van der Waals surface area (Å²) in [6.45, 7) is 0. The molecule has 0 spiro atoms. The molecule has 1 N–H and O–H groups in total. The molecule has 1 heterocycles. The second-order valence-corrected chi connectivity index (χ2v) is 4.61. The molecular formula is C14H10BrNO. The molecule has 0 radical (unpaired) electrons. The molecule has 0 atom stereocenters. The van der Waals surface area contributed by atoms with E-state index in [2.05, 4.69) is 20.9 Å². The maximum Gasteiger partial charge on any atom is 0.128 e. The van der Waals surface area contributed by atoms with E-state index in [4.69, 9.17) is 4.74 Å². The highest BCUT2D eigenvalue weighted by atomic mass is 79.9. The molecule has 0 amide bonds. The molecule has 2 aromatic carbocycles. The number of H-pyrrole nitrogens is 1. The van der Waals surface area contributed by atoms with Gasteiger partial charge in [0.15, 0.2) is 0 Å². The van der Waals surface area contributed by atoms with Crippen LogP contribution >= 0.6 is 15.9 Å². The largest absolute Gasteiger partial charge is 0.457 e. The van der Waals surface area contributed by atoms with Crippen LogP contribution in [0.3, 0.4) is 0 Å². The minimum atomic E-state index is 0.837. The van der Waals surface area contributed by atoms with Gasteiger partial charge in [-0.15, -0.1) is 0 Å². The first kappa shape index (κ1) is 10.4. The highest BCUT2D eigenvalue weighted by Gasteiger charge is 2.03. The molecule has 0 saturated heterocycles. The van der Waals surface area contributed by atoms with Gasteiger partial charge in [0, 0.05) is 21.6 Å². The monoisotopic (exact) mass is 287 g/mol. The molecule has 0 fully saturated rings. The molecule has 0 unspecified atom stereocenters. The van der Waals surface area contributed by atoms with Crippen molar-refractivity contribution in [1.29, 1.82) is 0 Å². The fraction of sp³-hybridized carbons (Fsp3) is 0. The molecule has 0 aliphatic carbocycles. The van der Waals surface area contributed by atoms with Crippen LogP contribution in [0.15, 0.2) is 59.2 Å². The molecule has 0 aliphatic rings. The number of para-hydroxylation sites is 1. The van der Waals surface area contributed by atoms with Crippen LogP contribution in [0.25, 0.3) is 10.9 Å². The Morgan fingerprint density at radius 1 is 0.941 bits per heavy atom. The number of hydrogen-bond acceptors (Lipinski definition) is 1. The van der Waals surface area contributed by atoms with E-state index < -0.39 is 0 Å². The van der Waals surface area contributed by atoms with Crippen LogP contribution < -0.4 is 4.74 Å². The SMILES string of the molecule is Brc1c[nH]c2ccc(Oc3ccccc3)cc12. The minimum Gasteiger partial charge on any atom is -0.457 e. The third kappa shape index (κ3) is 2.06. The zero-order chi connectivity index (χ0) is 11.7. The summed E-state index contributed by atoms with van der Waals surface area (Å²) >= 11 is 3.50. The molecule has 3 rings (SSSR count). The van der Waals surface area contributed by atoms with Crippen molar-refractivity contribution in [3.8, 4) is 11.5 Å². The zero-order valence-electron chi connectivity index (χ0n) is 8.98. The Hall–Kier alpha value is -1.74. The number of aromatic nitrogens is 1. The summed E-state index contributed by atoms with van der Waals surface area (Å²) in [5, 5.41) is 1.12. The lowest BCUT2D eigenvalue weighted by Gasteiger charge is -2.05. The topological polar surface area (TPSA) is 25.0 Å². The molecule has 84 valence electrons. The minimum absolute atomic E-state index is 0.837. The van der Waals surface area contributed by atoms with Gasteiger partial charge in [0.2, 0.25) is 0 Å². The molecule has 17 heavy (non-hydrogen) atoms. The summed E-state index contributed by atoms with van der Waals surface area (Å²) in [7, 11) is 0. The van der Waals surface area contributed by atoms with Crippen molar-refractivity contribution in [2.45, 2.75) is 0 Å². The number of ether oxygens (including phenoxy) is 1. The smallest absolute Gasteiger partial charge is 0.128 e. The first-order valence-electron chi connectivity index (χ1n) is 5.32. The van der Waals surface area contributed by atoms with Gasteiger partial charge in [-0.1, -0.05) is 18.2 Å². The summed E-state index contributed by atoms with van der Waals surface area (Å²) in [4.78, 5) is 3.18. The van der Waals surface area contributed by atoms with Gasteiger partial charge >= 0.3 is 0 Å². The molecule has 3 heteroatoms. The van der Waals surface area contributed by atoms with Gasteiger partial charge in [0.25, 0.3) is 0 Å². The second kappa shape index (κ2) is 4.26. The molecule has 2 nitrogen and oxygen atoms in total. The van der Waals surface area contributed by atoms with Crippen molar-refractivity contribution in [1.82, 2.24) is 4.98 Å². The molecule has 3 aromatic rings. The number of aromatic amines is 1. The zero-order valence-corrected chi connectivity index (χ0v) is 10.6. The van der Waals surface area contributed by atoms with E-state index in [-0.39, 0.29) is 0 Å². The Labute approximate surface area is 107 Å². The third-order valence-corrected chi connectivity index (χ3v) is 3.24. The van der Waals surface area contributed by atoms with Gasteiger partial charge < -0.3 is 9.72 Å². The highest BCUT2D eigenvalue weighted by Crippen LogP contribution is 2.29. The number of rotatable bonds is 2. The van der Waals surface area contributed by atoms with E-state index in [0.29, 0.717) is 0 Å². The number of hydrogen-bond donors (Lipinski definition) is 1. The Kier molecular flexibility index (Phi) is 2.61. The van der Waals surface area contributed by atoms with E-state index in [1.165, 1.54) is 0 Å². The Morgan fingerprint density at radius 2 is 1.76 bits per heavy atom. The lowest BCUT2D eigenvalue weighted by atomic mass is 10.2. The summed E-state index contributed by atoms with van der Waals surface area (Å²) in [6.07, 6.45) is 1.93. The van der Waals surface area contributed by atoms with Crippen molar-refractivity contribution >= 4 is 26.8 Å². The Morgan fingerprint density at radius 3 is 2.59 bits per heavy atom. The van der Waals surface area contributed by atoms with Crippen molar-refractivity contribution in [3.05, 3.63) is 59.2 Å². The summed E-state index contributed by atoms with van der Waals surface area (Å²) in [5.74, 6) is 1.68. The molecule has 1 aromatic heterocycles. The van der Waals surface area contributed by atoms with Gasteiger partial charge in [-0.25, -0.2) is 0 Å². The summed E-state index contributed by atoms with van der Waals surface area (Å²) < 4.78 is 6.82. The molecule has 0 saturated carbocycles. The number of nitrogens with one attached hydrogen (secondary N) is 1. The lowest BCUT2D eigenvalue weighted by Crippen LogP contribution is -1.82. The van der Waals surface area contributed by atoms with E-state index >= 15 is 0 Å². The van der Waals surface area contributed by atoms with E-state index in [0.717, 1.165) is 26.9 Å². The van der Waals surface area contributed by atoms with Crippen molar-refractivity contribution in [2.75, 3.05) is 0 Å². The molecule has 0 aliphatic heterocycles. The van der Waals surface area contributed by atoms with Crippen LogP contribution in [-0.4, -0.2) is 4.98 Å². The number of halogens is 1. The highest BCUT2D eigenvalue weighted by molar-refractivity contribution is 9.10. The van der Waals surface area contributed by atoms with Gasteiger partial charge in [-0.05, 0) is 46.3 Å². The normalized spacial score (nSPS) is 10.6.